The number of nitrogens with one attached hydrogen (secondary N) is 1. The second-order valence-electron chi connectivity index (χ2n) is 6.63. The van der Waals surface area contributed by atoms with Crippen molar-refractivity contribution in [3.63, 3.8) is 0 Å². The van der Waals surface area contributed by atoms with E-state index in [1.165, 1.54) is 18.2 Å². The molecular weight excluding hydrogens is 396 g/mol. The molecule has 154 valence electrons. The fourth-order valence-corrected chi connectivity index (χ4v) is 3.48. The molecule has 1 fully saturated rings. The largest absolute Gasteiger partial charge is 0.492 e. The molecule has 2 aromatic rings. The van der Waals surface area contributed by atoms with Gasteiger partial charge < -0.3 is 15.0 Å². The highest BCUT2D eigenvalue weighted by Gasteiger charge is 2.22. The third kappa shape index (κ3) is 5.36. The first-order chi connectivity index (χ1) is 14.0. The molecule has 0 spiro atoms. The lowest BCUT2D eigenvalue weighted by Crippen LogP contribution is -2.48. The maximum absolute atomic E-state index is 12.4. The first kappa shape index (κ1) is 20.9. The van der Waals surface area contributed by atoms with Crippen LogP contribution in [-0.4, -0.2) is 55.1 Å². The number of carbonyl (C=O) groups is 1. The lowest BCUT2D eigenvalue weighted by Gasteiger charge is -2.36. The summed E-state index contributed by atoms with van der Waals surface area (Å²) in [6.07, 6.45) is 0. The molecule has 1 heterocycles. The molecule has 1 aliphatic rings. The third-order valence-electron chi connectivity index (χ3n) is 4.67. The van der Waals surface area contributed by atoms with E-state index in [9.17, 15) is 14.9 Å². The number of benzene rings is 2. The quantitative estimate of drug-likeness (QED) is 0.547. The second-order valence-corrected chi connectivity index (χ2v) is 7.07. The smallest absolute Gasteiger partial charge is 0.292 e. The summed E-state index contributed by atoms with van der Waals surface area (Å²) in [6.45, 7) is 5.63. The van der Waals surface area contributed by atoms with Gasteiger partial charge in [-0.1, -0.05) is 23.7 Å². The van der Waals surface area contributed by atoms with Gasteiger partial charge in [0.25, 0.3) is 5.69 Å². The summed E-state index contributed by atoms with van der Waals surface area (Å²) in [5.74, 6) is 0.549. The van der Waals surface area contributed by atoms with Crippen molar-refractivity contribution < 1.29 is 14.5 Å². The van der Waals surface area contributed by atoms with Gasteiger partial charge in [-0.25, -0.2) is 0 Å². The van der Waals surface area contributed by atoms with Crippen LogP contribution < -0.4 is 15.0 Å². The standard InChI is InChI=1S/C20H23ClN4O4/c1-2-29-19-6-4-3-5-18(19)24-11-9-23(10-12-24)14-20(26)22-16-13-15(21)7-8-17(16)25(27)28/h3-8,13H,2,9-12,14H2,1H3,(H,22,26). The highest BCUT2D eigenvalue weighted by molar-refractivity contribution is 6.31. The predicted molar refractivity (Wildman–Crippen MR) is 113 cm³/mol. The van der Waals surface area contributed by atoms with Crippen molar-refractivity contribution in [3.8, 4) is 5.75 Å². The number of ether oxygens (including phenoxy) is 1. The van der Waals surface area contributed by atoms with Crippen molar-refractivity contribution in [1.29, 1.82) is 0 Å². The van der Waals surface area contributed by atoms with Crippen LogP contribution in [-0.2, 0) is 4.79 Å². The van der Waals surface area contributed by atoms with Crippen LogP contribution in [0.5, 0.6) is 5.75 Å². The van der Waals surface area contributed by atoms with Gasteiger partial charge in [0.2, 0.25) is 5.91 Å². The number of hydrogen-bond donors (Lipinski definition) is 1. The summed E-state index contributed by atoms with van der Waals surface area (Å²) >= 11 is 5.91. The van der Waals surface area contributed by atoms with E-state index in [-0.39, 0.29) is 23.8 Å². The van der Waals surface area contributed by atoms with E-state index < -0.39 is 4.92 Å². The van der Waals surface area contributed by atoms with E-state index in [1.54, 1.807) is 0 Å². The number of para-hydroxylation sites is 2. The molecule has 29 heavy (non-hydrogen) atoms. The molecule has 9 heteroatoms. The van der Waals surface area contributed by atoms with Crippen LogP contribution in [0.4, 0.5) is 17.1 Å². The Morgan fingerprint density at radius 1 is 1.21 bits per heavy atom. The lowest BCUT2D eigenvalue weighted by molar-refractivity contribution is -0.383. The molecule has 0 radical (unpaired) electrons. The van der Waals surface area contributed by atoms with Gasteiger partial charge >= 0.3 is 0 Å². The third-order valence-corrected chi connectivity index (χ3v) is 4.91. The molecule has 8 nitrogen and oxygen atoms in total. The van der Waals surface area contributed by atoms with Crippen LogP contribution in [0, 0.1) is 10.1 Å². The number of anilines is 2. The predicted octanol–water partition coefficient (Wildman–Crippen LogP) is 3.41. The van der Waals surface area contributed by atoms with Crippen molar-refractivity contribution in [3.05, 3.63) is 57.6 Å². The number of amides is 1. The van der Waals surface area contributed by atoms with Crippen LogP contribution in [0.1, 0.15) is 6.92 Å². The zero-order valence-corrected chi connectivity index (χ0v) is 16.9. The van der Waals surface area contributed by atoms with Gasteiger partial charge in [0, 0.05) is 37.3 Å². The molecule has 1 aliphatic heterocycles. The Labute approximate surface area is 174 Å². The van der Waals surface area contributed by atoms with Gasteiger partial charge in [-0.15, -0.1) is 0 Å². The maximum Gasteiger partial charge on any atom is 0.292 e. The minimum Gasteiger partial charge on any atom is -0.492 e. The fourth-order valence-electron chi connectivity index (χ4n) is 3.30. The molecule has 0 aromatic heterocycles. The van der Waals surface area contributed by atoms with Gasteiger partial charge in [-0.05, 0) is 31.2 Å². The van der Waals surface area contributed by atoms with Gasteiger partial charge in [-0.3, -0.25) is 19.8 Å². The molecular formula is C20H23ClN4O4. The number of halogens is 1. The van der Waals surface area contributed by atoms with E-state index >= 15 is 0 Å². The van der Waals surface area contributed by atoms with Gasteiger partial charge in [0.15, 0.2) is 0 Å². The second kappa shape index (κ2) is 9.58. The Morgan fingerprint density at radius 2 is 1.93 bits per heavy atom. The number of piperazine rings is 1. The molecule has 0 unspecified atom stereocenters. The number of nitrogens with zero attached hydrogens (tertiary/aromatic N) is 3. The Balaban J connectivity index is 1.57. The fraction of sp³-hybridized carbons (Fsp3) is 0.350. The number of carbonyl (C=O) groups excluding carboxylic acids is 1. The van der Waals surface area contributed by atoms with Gasteiger partial charge in [0.05, 0.1) is 23.8 Å². The van der Waals surface area contributed by atoms with E-state index in [4.69, 9.17) is 16.3 Å². The SMILES string of the molecule is CCOc1ccccc1N1CCN(CC(=O)Nc2cc(Cl)ccc2[N+](=O)[O-])CC1. The summed E-state index contributed by atoms with van der Waals surface area (Å²) in [7, 11) is 0. The maximum atomic E-state index is 12.4. The van der Waals surface area contributed by atoms with Gasteiger partial charge in [-0.2, -0.15) is 0 Å². The van der Waals surface area contributed by atoms with E-state index in [1.807, 2.05) is 36.1 Å². The number of rotatable bonds is 7. The topological polar surface area (TPSA) is 88.0 Å². The number of nitro benzene ring substituents is 1. The molecule has 0 saturated carbocycles. The Morgan fingerprint density at radius 3 is 2.62 bits per heavy atom. The van der Waals surface area contributed by atoms with Crippen molar-refractivity contribution >= 4 is 34.6 Å². The normalized spacial score (nSPS) is 14.5. The average Bonchev–Trinajstić information content (AvgIpc) is 2.69. The van der Waals surface area contributed by atoms with Crippen LogP contribution in [0.25, 0.3) is 0 Å². The highest BCUT2D eigenvalue weighted by Crippen LogP contribution is 2.29. The molecule has 1 saturated heterocycles. The minimum atomic E-state index is -0.541. The van der Waals surface area contributed by atoms with Crippen molar-refractivity contribution in [2.75, 3.05) is 49.5 Å². The zero-order chi connectivity index (χ0) is 20.8. The molecule has 0 atom stereocenters. The summed E-state index contributed by atoms with van der Waals surface area (Å²) in [5.41, 5.74) is 0.977. The van der Waals surface area contributed by atoms with Crippen molar-refractivity contribution in [2.24, 2.45) is 0 Å². The van der Waals surface area contributed by atoms with E-state index in [0.29, 0.717) is 24.7 Å². The Hall–Kier alpha value is -2.84. The van der Waals surface area contributed by atoms with Crippen molar-refractivity contribution in [2.45, 2.75) is 6.92 Å². The summed E-state index contributed by atoms with van der Waals surface area (Å²) in [4.78, 5) is 27.3. The molecule has 0 aliphatic carbocycles. The molecule has 2 aromatic carbocycles. The average molecular weight is 419 g/mol. The summed E-state index contributed by atoms with van der Waals surface area (Å²) in [6, 6.07) is 12.0. The van der Waals surface area contributed by atoms with Crippen molar-refractivity contribution in [1.82, 2.24) is 4.90 Å². The van der Waals surface area contributed by atoms with Crippen LogP contribution in [0.15, 0.2) is 42.5 Å². The highest BCUT2D eigenvalue weighted by atomic mass is 35.5. The Kier molecular flexibility index (Phi) is 6.90. The van der Waals surface area contributed by atoms with E-state index in [0.717, 1.165) is 24.5 Å². The lowest BCUT2D eigenvalue weighted by atomic mass is 10.2. The first-order valence-corrected chi connectivity index (χ1v) is 9.78. The molecule has 1 amide bonds. The number of hydrogen-bond acceptors (Lipinski definition) is 6. The first-order valence-electron chi connectivity index (χ1n) is 9.41. The van der Waals surface area contributed by atoms with Crippen LogP contribution >= 0.6 is 11.6 Å². The Bertz CT molecular complexity index is 885. The summed E-state index contributed by atoms with van der Waals surface area (Å²) < 4.78 is 5.70. The molecule has 1 N–H and O–H groups in total. The van der Waals surface area contributed by atoms with Crippen LogP contribution in [0.3, 0.4) is 0 Å². The van der Waals surface area contributed by atoms with E-state index in [2.05, 4.69) is 10.2 Å². The minimum absolute atomic E-state index is 0.108. The van der Waals surface area contributed by atoms with Crippen LogP contribution in [0.2, 0.25) is 5.02 Å². The van der Waals surface area contributed by atoms with Gasteiger partial charge in [0.1, 0.15) is 11.4 Å². The molecule has 0 bridgehead atoms. The summed E-state index contributed by atoms with van der Waals surface area (Å²) in [5, 5.41) is 14.1. The zero-order valence-electron chi connectivity index (χ0n) is 16.1. The monoisotopic (exact) mass is 418 g/mol. The number of nitro groups is 1. The molecule has 3 rings (SSSR count).